The highest BCUT2D eigenvalue weighted by atomic mass is 79.9. The highest BCUT2D eigenvalue weighted by Crippen LogP contribution is 2.30. The maximum Gasteiger partial charge on any atom is 0.324 e. The number of alkyl halides is 1. The molecule has 0 aliphatic carbocycles. The quantitative estimate of drug-likeness (QED) is 0.438. The SMILES string of the molecule is COC(=O)C(Br)c1ccc(F)cc1Cl.COC(=O)Cc1ccc(F)cc1Cl. The van der Waals surface area contributed by atoms with Gasteiger partial charge in [0.2, 0.25) is 0 Å². The van der Waals surface area contributed by atoms with Gasteiger partial charge in [0, 0.05) is 10.0 Å². The lowest BCUT2D eigenvalue weighted by molar-refractivity contribution is -0.140. The van der Waals surface area contributed by atoms with E-state index in [1.165, 1.54) is 44.6 Å². The third-order valence-electron chi connectivity index (χ3n) is 3.22. The zero-order valence-electron chi connectivity index (χ0n) is 14.3. The van der Waals surface area contributed by atoms with Crippen molar-refractivity contribution < 1.29 is 27.8 Å². The van der Waals surface area contributed by atoms with Gasteiger partial charge in [0.15, 0.2) is 0 Å². The Bertz CT molecular complexity index is 818. The maximum absolute atomic E-state index is 12.7. The van der Waals surface area contributed by atoms with Crippen LogP contribution < -0.4 is 0 Å². The minimum Gasteiger partial charge on any atom is -0.469 e. The molecule has 0 aromatic heterocycles. The van der Waals surface area contributed by atoms with Gasteiger partial charge in [-0.2, -0.15) is 0 Å². The molecule has 0 N–H and O–H groups in total. The molecule has 0 saturated heterocycles. The van der Waals surface area contributed by atoms with E-state index < -0.39 is 28.4 Å². The van der Waals surface area contributed by atoms with Crippen LogP contribution in [0.5, 0.6) is 0 Å². The van der Waals surface area contributed by atoms with Crippen molar-refractivity contribution >= 4 is 51.1 Å². The second-order valence-electron chi connectivity index (χ2n) is 5.04. The molecule has 0 heterocycles. The van der Waals surface area contributed by atoms with Gasteiger partial charge in [-0.25, -0.2) is 8.78 Å². The average molecular weight is 484 g/mol. The number of carbonyl (C=O) groups excluding carboxylic acids is 2. The number of halogens is 5. The molecule has 0 aliphatic rings. The van der Waals surface area contributed by atoms with Gasteiger partial charge in [-0.3, -0.25) is 9.59 Å². The first-order valence-electron chi connectivity index (χ1n) is 7.37. The third kappa shape index (κ3) is 7.44. The Morgan fingerprint density at radius 1 is 1.00 bits per heavy atom. The zero-order valence-corrected chi connectivity index (χ0v) is 17.4. The van der Waals surface area contributed by atoms with Gasteiger partial charge in [-0.05, 0) is 35.4 Å². The molecule has 0 fully saturated rings. The van der Waals surface area contributed by atoms with E-state index in [1.807, 2.05) is 0 Å². The number of benzene rings is 2. The first-order chi connectivity index (χ1) is 12.7. The Morgan fingerprint density at radius 3 is 2.04 bits per heavy atom. The van der Waals surface area contributed by atoms with Crippen molar-refractivity contribution in [3.63, 3.8) is 0 Å². The van der Waals surface area contributed by atoms with Crippen LogP contribution in [0, 0.1) is 11.6 Å². The van der Waals surface area contributed by atoms with E-state index in [2.05, 4.69) is 25.4 Å². The van der Waals surface area contributed by atoms with Crippen LogP contribution in [-0.2, 0) is 25.5 Å². The summed E-state index contributed by atoms with van der Waals surface area (Å²) in [5.74, 6) is -1.73. The van der Waals surface area contributed by atoms with Gasteiger partial charge in [0.1, 0.15) is 16.5 Å². The molecule has 4 nitrogen and oxygen atoms in total. The second kappa shape index (κ2) is 11.2. The largest absolute Gasteiger partial charge is 0.469 e. The van der Waals surface area contributed by atoms with Gasteiger partial charge >= 0.3 is 11.9 Å². The Balaban J connectivity index is 0.000000271. The van der Waals surface area contributed by atoms with Gasteiger partial charge < -0.3 is 9.47 Å². The molecule has 0 amide bonds. The monoisotopic (exact) mass is 482 g/mol. The van der Waals surface area contributed by atoms with E-state index >= 15 is 0 Å². The summed E-state index contributed by atoms with van der Waals surface area (Å²) in [4.78, 5) is 21.3. The first kappa shape index (κ1) is 23.3. The summed E-state index contributed by atoms with van der Waals surface area (Å²) in [7, 11) is 2.56. The number of esters is 2. The lowest BCUT2D eigenvalue weighted by Crippen LogP contribution is -2.08. The van der Waals surface area contributed by atoms with Crippen LogP contribution in [0.2, 0.25) is 10.0 Å². The van der Waals surface area contributed by atoms with Gasteiger partial charge in [0.25, 0.3) is 0 Å². The number of carbonyl (C=O) groups is 2. The summed E-state index contributed by atoms with van der Waals surface area (Å²) in [6, 6.07) is 7.71. The van der Waals surface area contributed by atoms with Crippen molar-refractivity contribution in [2.45, 2.75) is 11.2 Å². The minimum absolute atomic E-state index is 0.0651. The van der Waals surface area contributed by atoms with Gasteiger partial charge in [0.05, 0.1) is 20.6 Å². The smallest absolute Gasteiger partial charge is 0.324 e. The minimum atomic E-state index is -0.666. The van der Waals surface area contributed by atoms with Crippen LogP contribution in [0.25, 0.3) is 0 Å². The molecular formula is C18H15BrCl2F2O4. The molecule has 0 radical (unpaired) electrons. The topological polar surface area (TPSA) is 52.6 Å². The fourth-order valence-corrected chi connectivity index (χ4v) is 3.06. The van der Waals surface area contributed by atoms with Gasteiger partial charge in [-0.15, -0.1) is 0 Å². The lowest BCUT2D eigenvalue weighted by Gasteiger charge is -2.09. The highest BCUT2D eigenvalue weighted by Gasteiger charge is 2.20. The summed E-state index contributed by atoms with van der Waals surface area (Å²) in [5.41, 5.74) is 1.05. The van der Waals surface area contributed by atoms with Crippen molar-refractivity contribution in [2.24, 2.45) is 0 Å². The van der Waals surface area contributed by atoms with E-state index in [1.54, 1.807) is 0 Å². The van der Waals surface area contributed by atoms with Crippen LogP contribution in [0.4, 0.5) is 8.78 Å². The normalized spacial score (nSPS) is 11.1. The van der Waals surface area contributed by atoms with Crippen molar-refractivity contribution in [3.8, 4) is 0 Å². The van der Waals surface area contributed by atoms with Gasteiger partial charge in [-0.1, -0.05) is 51.3 Å². The molecule has 146 valence electrons. The molecular weight excluding hydrogens is 469 g/mol. The van der Waals surface area contributed by atoms with Crippen molar-refractivity contribution in [2.75, 3.05) is 14.2 Å². The van der Waals surface area contributed by atoms with E-state index in [0.717, 1.165) is 6.07 Å². The molecule has 2 aromatic carbocycles. The van der Waals surface area contributed by atoms with Crippen LogP contribution in [0.1, 0.15) is 16.0 Å². The molecule has 9 heteroatoms. The molecule has 0 saturated carbocycles. The maximum atomic E-state index is 12.7. The fraction of sp³-hybridized carbons (Fsp3) is 0.222. The summed E-state index contributed by atoms with van der Waals surface area (Å²) in [6.07, 6.45) is 0.0651. The average Bonchev–Trinajstić information content (AvgIpc) is 2.63. The van der Waals surface area contributed by atoms with Crippen LogP contribution >= 0.6 is 39.1 Å². The molecule has 0 aliphatic heterocycles. The Kier molecular flexibility index (Phi) is 9.69. The van der Waals surface area contributed by atoms with Crippen LogP contribution in [0.3, 0.4) is 0 Å². The third-order valence-corrected chi connectivity index (χ3v) is 4.77. The molecule has 27 heavy (non-hydrogen) atoms. The zero-order chi connectivity index (χ0) is 20.6. The molecule has 1 atom stereocenters. The number of rotatable bonds is 4. The molecule has 0 spiro atoms. The second-order valence-corrected chi connectivity index (χ2v) is 6.77. The summed E-state index contributed by atoms with van der Waals surface area (Å²) < 4.78 is 34.2. The summed E-state index contributed by atoms with van der Waals surface area (Å²) >= 11 is 14.5. The number of ether oxygens (including phenoxy) is 2. The Morgan fingerprint density at radius 2 is 1.56 bits per heavy atom. The van der Waals surface area contributed by atoms with Crippen molar-refractivity contribution in [3.05, 3.63) is 69.2 Å². The summed E-state index contributed by atoms with van der Waals surface area (Å²) in [6.45, 7) is 0. The molecule has 2 aromatic rings. The number of hydrogen-bond acceptors (Lipinski definition) is 4. The van der Waals surface area contributed by atoms with E-state index in [0.29, 0.717) is 11.1 Å². The number of hydrogen-bond donors (Lipinski definition) is 0. The standard InChI is InChI=1S/C9H7BrClFO2.C9H8ClFO2/c1-14-9(13)8(10)6-3-2-5(12)4-7(6)11;1-13-9(12)4-6-2-3-7(11)5-8(6)10/h2-4,8H,1H3;2-3,5H,4H2,1H3. The molecule has 2 rings (SSSR count). The Labute approximate surface area is 173 Å². The predicted molar refractivity (Wildman–Crippen MR) is 102 cm³/mol. The van der Waals surface area contributed by atoms with Crippen LogP contribution in [-0.4, -0.2) is 26.2 Å². The van der Waals surface area contributed by atoms with E-state index in [-0.39, 0.29) is 16.5 Å². The lowest BCUT2D eigenvalue weighted by atomic mass is 10.1. The van der Waals surface area contributed by atoms with Crippen molar-refractivity contribution in [1.29, 1.82) is 0 Å². The van der Waals surface area contributed by atoms with Crippen LogP contribution in [0.15, 0.2) is 36.4 Å². The Hall–Kier alpha value is -1.70. The van der Waals surface area contributed by atoms with E-state index in [4.69, 9.17) is 23.2 Å². The molecule has 0 bridgehead atoms. The van der Waals surface area contributed by atoms with Crippen molar-refractivity contribution in [1.82, 2.24) is 0 Å². The predicted octanol–water partition coefficient (Wildman–Crippen LogP) is 5.28. The van der Waals surface area contributed by atoms with E-state index in [9.17, 15) is 18.4 Å². The molecule has 1 unspecified atom stereocenters. The number of methoxy groups -OCH3 is 2. The first-order valence-corrected chi connectivity index (χ1v) is 9.04. The fourth-order valence-electron chi connectivity index (χ4n) is 1.83. The highest BCUT2D eigenvalue weighted by molar-refractivity contribution is 9.09. The summed E-state index contributed by atoms with van der Waals surface area (Å²) in [5, 5.41) is 0.433.